The fourth-order valence-electron chi connectivity index (χ4n) is 3.23. The van der Waals surface area contributed by atoms with Gasteiger partial charge in [-0.05, 0) is 78.1 Å². The quantitative estimate of drug-likeness (QED) is 0.904. The number of fused-ring (bicyclic) bond motifs is 1. The van der Waals surface area contributed by atoms with Crippen molar-refractivity contribution in [1.82, 2.24) is 0 Å². The molecule has 0 radical (unpaired) electrons. The summed E-state index contributed by atoms with van der Waals surface area (Å²) in [6, 6.07) is 2.32. The zero-order valence-corrected chi connectivity index (χ0v) is 12.5. The van der Waals surface area contributed by atoms with Crippen molar-refractivity contribution in [3.05, 3.63) is 27.2 Å². The maximum atomic E-state index is 6.50. The highest BCUT2D eigenvalue weighted by Crippen LogP contribution is 2.48. The van der Waals surface area contributed by atoms with E-state index in [-0.39, 0.29) is 5.54 Å². The van der Waals surface area contributed by atoms with E-state index >= 15 is 0 Å². The number of hydrogen-bond acceptors (Lipinski definition) is 2. The van der Waals surface area contributed by atoms with Gasteiger partial charge in [0.1, 0.15) is 5.75 Å². The number of ether oxygens (including phenoxy) is 1. The summed E-state index contributed by atoms with van der Waals surface area (Å²) in [5.74, 6) is 0.970. The maximum Gasteiger partial charge on any atom is 0.138 e. The molecule has 0 heterocycles. The molecule has 2 aliphatic rings. The van der Waals surface area contributed by atoms with Crippen LogP contribution in [0.3, 0.4) is 0 Å². The van der Waals surface area contributed by atoms with Crippen LogP contribution >= 0.6 is 15.9 Å². The van der Waals surface area contributed by atoms with E-state index in [0.717, 1.165) is 29.5 Å². The molecule has 0 unspecified atom stereocenters. The lowest BCUT2D eigenvalue weighted by Gasteiger charge is -2.40. The van der Waals surface area contributed by atoms with E-state index in [2.05, 4.69) is 22.0 Å². The molecular formula is C15H20BrNO. The number of halogens is 1. The highest BCUT2D eigenvalue weighted by Gasteiger charge is 2.38. The lowest BCUT2D eigenvalue weighted by Crippen LogP contribution is -2.43. The van der Waals surface area contributed by atoms with Gasteiger partial charge in [0.2, 0.25) is 0 Å². The molecule has 0 amide bonds. The second kappa shape index (κ2) is 4.53. The molecule has 2 nitrogen and oxygen atoms in total. The molecule has 1 fully saturated rings. The van der Waals surface area contributed by atoms with Gasteiger partial charge in [-0.1, -0.05) is 0 Å². The molecule has 0 saturated heterocycles. The number of nitrogens with two attached hydrogens (primary N) is 1. The van der Waals surface area contributed by atoms with Crippen LogP contribution in [0.4, 0.5) is 0 Å². The summed E-state index contributed by atoms with van der Waals surface area (Å²) in [7, 11) is 1.75. The first kappa shape index (κ1) is 12.5. The summed E-state index contributed by atoms with van der Waals surface area (Å²) in [6.07, 6.45) is 8.30. The molecule has 0 bridgehead atoms. The maximum absolute atomic E-state index is 6.50. The molecule has 0 aromatic heterocycles. The fourth-order valence-corrected chi connectivity index (χ4v) is 4.06. The molecule has 0 aliphatic heterocycles. The van der Waals surface area contributed by atoms with E-state index in [1.54, 1.807) is 7.11 Å². The molecule has 98 valence electrons. The van der Waals surface area contributed by atoms with Gasteiger partial charge < -0.3 is 10.5 Å². The minimum atomic E-state index is -0.152. The first-order valence-electron chi connectivity index (χ1n) is 6.83. The highest BCUT2D eigenvalue weighted by atomic mass is 79.9. The molecule has 1 aromatic carbocycles. The summed E-state index contributed by atoms with van der Waals surface area (Å²) in [5.41, 5.74) is 10.5. The van der Waals surface area contributed by atoms with Crippen molar-refractivity contribution in [3.8, 4) is 5.75 Å². The second-order valence-corrected chi connectivity index (χ2v) is 6.42. The van der Waals surface area contributed by atoms with Crippen LogP contribution < -0.4 is 10.5 Å². The monoisotopic (exact) mass is 309 g/mol. The zero-order valence-electron chi connectivity index (χ0n) is 10.9. The smallest absolute Gasteiger partial charge is 0.138 e. The lowest BCUT2D eigenvalue weighted by atomic mass is 9.71. The lowest BCUT2D eigenvalue weighted by molar-refractivity contribution is 0.243. The number of methoxy groups -OCH3 is 1. The van der Waals surface area contributed by atoms with Gasteiger partial charge in [-0.25, -0.2) is 0 Å². The summed E-state index contributed by atoms with van der Waals surface area (Å²) >= 11 is 3.74. The number of benzene rings is 1. The Morgan fingerprint density at radius 1 is 1.22 bits per heavy atom. The molecule has 2 N–H and O–H groups in total. The van der Waals surface area contributed by atoms with Crippen molar-refractivity contribution in [1.29, 1.82) is 0 Å². The van der Waals surface area contributed by atoms with Gasteiger partial charge in [0.15, 0.2) is 0 Å². The molecule has 3 heteroatoms. The third kappa shape index (κ3) is 1.79. The van der Waals surface area contributed by atoms with Gasteiger partial charge in [0.05, 0.1) is 11.6 Å². The van der Waals surface area contributed by atoms with Crippen LogP contribution in [0.15, 0.2) is 10.5 Å². The summed E-state index contributed by atoms with van der Waals surface area (Å²) in [4.78, 5) is 0. The van der Waals surface area contributed by atoms with Crippen molar-refractivity contribution in [3.63, 3.8) is 0 Å². The Kier molecular flexibility index (Phi) is 3.15. The standard InChI is InChI=1S/C15H20BrNO/c1-18-14-12(15(17)7-4-8-15)9-10-5-2-3-6-11(10)13(14)16/h9H,2-8,17H2,1H3. The van der Waals surface area contributed by atoms with E-state index in [0.29, 0.717) is 0 Å². The Hall–Kier alpha value is -0.540. The third-order valence-corrected chi connectivity index (χ3v) is 5.36. The van der Waals surface area contributed by atoms with E-state index < -0.39 is 0 Å². The molecule has 2 aliphatic carbocycles. The van der Waals surface area contributed by atoms with E-state index in [9.17, 15) is 0 Å². The Labute approximate surface area is 117 Å². The Morgan fingerprint density at radius 2 is 1.94 bits per heavy atom. The predicted molar refractivity (Wildman–Crippen MR) is 77.1 cm³/mol. The van der Waals surface area contributed by atoms with Crippen LogP contribution in [0.5, 0.6) is 5.75 Å². The van der Waals surface area contributed by atoms with Crippen molar-refractivity contribution in [2.45, 2.75) is 50.5 Å². The minimum Gasteiger partial charge on any atom is -0.495 e. The zero-order chi connectivity index (χ0) is 12.8. The first-order valence-corrected chi connectivity index (χ1v) is 7.62. The van der Waals surface area contributed by atoms with Crippen LogP contribution in [0.2, 0.25) is 0 Å². The average molecular weight is 310 g/mol. The van der Waals surface area contributed by atoms with E-state index in [1.165, 1.54) is 42.4 Å². The number of aryl methyl sites for hydroxylation is 1. The average Bonchev–Trinajstić information content (AvgIpc) is 2.36. The van der Waals surface area contributed by atoms with Gasteiger partial charge in [0.25, 0.3) is 0 Å². The first-order chi connectivity index (χ1) is 8.65. The van der Waals surface area contributed by atoms with Gasteiger partial charge >= 0.3 is 0 Å². The van der Waals surface area contributed by atoms with E-state index in [4.69, 9.17) is 10.5 Å². The van der Waals surface area contributed by atoms with E-state index in [1.807, 2.05) is 0 Å². The van der Waals surface area contributed by atoms with Crippen molar-refractivity contribution >= 4 is 15.9 Å². The molecule has 1 aromatic rings. The predicted octanol–water partition coefficient (Wildman–Crippen LogP) is 3.67. The van der Waals surface area contributed by atoms with Crippen molar-refractivity contribution in [2.75, 3.05) is 7.11 Å². The summed E-state index contributed by atoms with van der Waals surface area (Å²) < 4.78 is 6.78. The molecule has 0 atom stereocenters. The molecule has 3 rings (SSSR count). The fraction of sp³-hybridized carbons (Fsp3) is 0.600. The van der Waals surface area contributed by atoms with Crippen LogP contribution in [-0.2, 0) is 18.4 Å². The summed E-state index contributed by atoms with van der Waals surface area (Å²) in [6.45, 7) is 0. The molecular weight excluding hydrogens is 290 g/mol. The second-order valence-electron chi connectivity index (χ2n) is 5.63. The number of rotatable bonds is 2. The van der Waals surface area contributed by atoms with Crippen LogP contribution in [0, 0.1) is 0 Å². The van der Waals surface area contributed by atoms with Crippen LogP contribution in [0.1, 0.15) is 48.8 Å². The van der Waals surface area contributed by atoms with Crippen LogP contribution in [0.25, 0.3) is 0 Å². The van der Waals surface area contributed by atoms with Crippen molar-refractivity contribution < 1.29 is 4.74 Å². The van der Waals surface area contributed by atoms with Gasteiger partial charge in [-0.15, -0.1) is 0 Å². The van der Waals surface area contributed by atoms with Gasteiger partial charge in [0, 0.05) is 11.1 Å². The van der Waals surface area contributed by atoms with Gasteiger partial charge in [-0.2, -0.15) is 0 Å². The minimum absolute atomic E-state index is 0.152. The summed E-state index contributed by atoms with van der Waals surface area (Å²) in [5, 5.41) is 0. The number of hydrogen-bond donors (Lipinski definition) is 1. The third-order valence-electron chi connectivity index (χ3n) is 4.52. The molecule has 18 heavy (non-hydrogen) atoms. The Balaban J connectivity index is 2.15. The Morgan fingerprint density at radius 3 is 2.56 bits per heavy atom. The van der Waals surface area contributed by atoms with Gasteiger partial charge in [-0.3, -0.25) is 0 Å². The topological polar surface area (TPSA) is 35.2 Å². The highest BCUT2D eigenvalue weighted by molar-refractivity contribution is 9.10. The largest absolute Gasteiger partial charge is 0.495 e. The SMILES string of the molecule is COc1c(C2(N)CCC2)cc2c(c1Br)CCCC2. The molecule has 0 spiro atoms. The molecule has 1 saturated carbocycles. The van der Waals surface area contributed by atoms with Crippen molar-refractivity contribution in [2.24, 2.45) is 5.73 Å². The normalized spacial score (nSPS) is 21.1. The van der Waals surface area contributed by atoms with Crippen LogP contribution in [-0.4, -0.2) is 7.11 Å². The Bertz CT molecular complexity index is 480.